The van der Waals surface area contributed by atoms with Crippen molar-refractivity contribution in [3.05, 3.63) is 40.4 Å². The van der Waals surface area contributed by atoms with E-state index in [2.05, 4.69) is 10.3 Å². The molecule has 25 heavy (non-hydrogen) atoms. The molecule has 9 heteroatoms. The molecule has 0 aliphatic carbocycles. The molecular weight excluding hydrogens is 357 g/mol. The lowest BCUT2D eigenvalue weighted by atomic mass is 10.1. The molecule has 0 fully saturated rings. The van der Waals surface area contributed by atoms with E-state index in [-0.39, 0.29) is 13.2 Å². The second kappa shape index (κ2) is 7.64. The lowest BCUT2D eigenvalue weighted by Gasteiger charge is -2.06. The van der Waals surface area contributed by atoms with E-state index in [1.54, 1.807) is 13.8 Å². The number of carbonyl (C=O) groups is 2. The summed E-state index contributed by atoms with van der Waals surface area (Å²) in [6, 6.07) is 4.54. The lowest BCUT2D eigenvalue weighted by Crippen LogP contribution is -2.30. The largest absolute Gasteiger partial charge is 0.465 e. The van der Waals surface area contributed by atoms with E-state index >= 15 is 0 Å². The molecule has 5 nitrogen and oxygen atoms in total. The minimum absolute atomic E-state index is 0.215. The summed E-state index contributed by atoms with van der Waals surface area (Å²) >= 11 is 1.04. The van der Waals surface area contributed by atoms with Gasteiger partial charge in [-0.2, -0.15) is 13.2 Å². The maximum absolute atomic E-state index is 12.6. The van der Waals surface area contributed by atoms with Gasteiger partial charge in [-0.05, 0) is 26.0 Å². The van der Waals surface area contributed by atoms with Crippen LogP contribution in [-0.2, 0) is 15.7 Å². The predicted molar refractivity (Wildman–Crippen MR) is 86.3 cm³/mol. The summed E-state index contributed by atoms with van der Waals surface area (Å²) in [4.78, 5) is 27.9. The number of nitrogens with zero attached hydrogens (tertiary/aromatic N) is 1. The Morgan fingerprint density at radius 2 is 1.88 bits per heavy atom. The van der Waals surface area contributed by atoms with E-state index < -0.39 is 23.6 Å². The molecule has 2 rings (SSSR count). The van der Waals surface area contributed by atoms with E-state index in [1.807, 2.05) is 0 Å². The Labute approximate surface area is 145 Å². The second-order valence-corrected chi connectivity index (χ2v) is 6.00. The molecule has 1 amide bonds. The number of ether oxygens (including phenoxy) is 1. The summed E-state index contributed by atoms with van der Waals surface area (Å²) in [5, 5.41) is 2.85. The molecular formula is C16H15F3N2O3S. The standard InChI is InChI=1S/C16H15F3N2O3S/c1-3-24-12(22)8-20-14(23)13-9(2)21-15(25-13)10-4-6-11(7-5-10)16(17,18)19/h4-7H,3,8H2,1-2H3,(H,20,23). The number of thiazole rings is 1. The van der Waals surface area contributed by atoms with E-state index in [4.69, 9.17) is 4.74 Å². The summed E-state index contributed by atoms with van der Waals surface area (Å²) in [6.07, 6.45) is -4.41. The number of halogens is 3. The zero-order chi connectivity index (χ0) is 18.6. The maximum Gasteiger partial charge on any atom is 0.416 e. The van der Waals surface area contributed by atoms with E-state index in [0.717, 1.165) is 23.5 Å². The van der Waals surface area contributed by atoms with Crippen LogP contribution in [0.4, 0.5) is 13.2 Å². The van der Waals surface area contributed by atoms with Crippen molar-refractivity contribution in [1.29, 1.82) is 0 Å². The zero-order valence-electron chi connectivity index (χ0n) is 13.4. The first-order valence-electron chi connectivity index (χ1n) is 7.31. The molecule has 0 atom stereocenters. The Hall–Kier alpha value is -2.42. The average molecular weight is 372 g/mol. The first-order valence-corrected chi connectivity index (χ1v) is 8.13. The molecule has 0 radical (unpaired) electrons. The fourth-order valence-corrected chi connectivity index (χ4v) is 2.97. The van der Waals surface area contributed by atoms with Crippen LogP contribution in [0, 0.1) is 6.92 Å². The van der Waals surface area contributed by atoms with Crippen molar-refractivity contribution in [3.63, 3.8) is 0 Å². The highest BCUT2D eigenvalue weighted by atomic mass is 32.1. The topological polar surface area (TPSA) is 68.3 Å². The van der Waals surface area contributed by atoms with Crippen molar-refractivity contribution < 1.29 is 27.5 Å². The number of rotatable bonds is 5. The Morgan fingerprint density at radius 1 is 1.24 bits per heavy atom. The van der Waals surface area contributed by atoms with Crippen LogP contribution in [0.5, 0.6) is 0 Å². The fraction of sp³-hybridized carbons (Fsp3) is 0.312. The van der Waals surface area contributed by atoms with Gasteiger partial charge >= 0.3 is 12.1 Å². The average Bonchev–Trinajstić information content (AvgIpc) is 2.94. The van der Waals surface area contributed by atoms with E-state index in [0.29, 0.717) is 21.1 Å². The quantitative estimate of drug-likeness (QED) is 0.817. The van der Waals surface area contributed by atoms with Crippen LogP contribution in [0.2, 0.25) is 0 Å². The third-order valence-corrected chi connectivity index (χ3v) is 4.37. The van der Waals surface area contributed by atoms with Crippen LogP contribution in [-0.4, -0.2) is 30.0 Å². The normalized spacial score (nSPS) is 11.2. The third-order valence-electron chi connectivity index (χ3n) is 3.16. The number of esters is 1. The van der Waals surface area contributed by atoms with E-state index in [9.17, 15) is 22.8 Å². The van der Waals surface area contributed by atoms with Crippen LogP contribution >= 0.6 is 11.3 Å². The number of benzene rings is 1. The number of aromatic nitrogens is 1. The van der Waals surface area contributed by atoms with Gasteiger partial charge in [0, 0.05) is 5.56 Å². The second-order valence-electron chi connectivity index (χ2n) is 5.00. The van der Waals surface area contributed by atoms with Crippen LogP contribution in [0.25, 0.3) is 10.6 Å². The van der Waals surface area contributed by atoms with Crippen LogP contribution in [0.3, 0.4) is 0 Å². The molecule has 1 N–H and O–H groups in total. The molecule has 1 aromatic carbocycles. The first kappa shape index (κ1) is 18.9. The SMILES string of the molecule is CCOC(=O)CNC(=O)c1sc(-c2ccc(C(F)(F)F)cc2)nc1C. The zero-order valence-corrected chi connectivity index (χ0v) is 14.3. The highest BCUT2D eigenvalue weighted by Crippen LogP contribution is 2.32. The molecule has 134 valence electrons. The highest BCUT2D eigenvalue weighted by Gasteiger charge is 2.30. The number of nitrogens with one attached hydrogen (secondary N) is 1. The minimum atomic E-state index is -4.41. The van der Waals surface area contributed by atoms with E-state index in [1.165, 1.54) is 12.1 Å². The first-order chi connectivity index (χ1) is 11.7. The number of hydrogen-bond donors (Lipinski definition) is 1. The molecule has 0 spiro atoms. The van der Waals surface area contributed by atoms with Crippen LogP contribution in [0.1, 0.15) is 27.9 Å². The third kappa shape index (κ3) is 4.79. The Balaban J connectivity index is 2.14. The number of carbonyl (C=O) groups excluding carboxylic acids is 2. The van der Waals surface area contributed by atoms with Gasteiger partial charge in [0.1, 0.15) is 16.4 Å². The van der Waals surface area contributed by atoms with Crippen molar-refractivity contribution in [2.75, 3.05) is 13.2 Å². The molecule has 0 aliphatic rings. The Bertz CT molecular complexity index is 770. The maximum atomic E-state index is 12.6. The summed E-state index contributed by atoms with van der Waals surface area (Å²) in [5.41, 5.74) is 0.156. The summed E-state index contributed by atoms with van der Waals surface area (Å²) in [6.45, 7) is 3.22. The van der Waals surface area contributed by atoms with Crippen molar-refractivity contribution in [2.45, 2.75) is 20.0 Å². The highest BCUT2D eigenvalue weighted by molar-refractivity contribution is 7.17. The van der Waals surface area contributed by atoms with Crippen molar-refractivity contribution in [2.24, 2.45) is 0 Å². The fourth-order valence-electron chi connectivity index (χ4n) is 1.98. The number of amides is 1. The number of aryl methyl sites for hydroxylation is 1. The van der Waals surface area contributed by atoms with Gasteiger partial charge in [0.05, 0.1) is 17.9 Å². The molecule has 0 saturated heterocycles. The van der Waals surface area contributed by atoms with Crippen molar-refractivity contribution >= 4 is 23.2 Å². The lowest BCUT2D eigenvalue weighted by molar-refractivity contribution is -0.142. The van der Waals surface area contributed by atoms with Crippen molar-refractivity contribution in [3.8, 4) is 10.6 Å². The molecule has 0 aliphatic heterocycles. The van der Waals surface area contributed by atoms with Gasteiger partial charge in [-0.3, -0.25) is 9.59 Å². The van der Waals surface area contributed by atoms with Gasteiger partial charge in [0.25, 0.3) is 5.91 Å². The number of hydrogen-bond acceptors (Lipinski definition) is 5. The van der Waals surface area contributed by atoms with Gasteiger partial charge in [0.2, 0.25) is 0 Å². The van der Waals surface area contributed by atoms with Gasteiger partial charge in [-0.25, -0.2) is 4.98 Å². The van der Waals surface area contributed by atoms with Crippen LogP contribution < -0.4 is 5.32 Å². The Morgan fingerprint density at radius 3 is 2.44 bits per heavy atom. The molecule has 1 aromatic heterocycles. The van der Waals surface area contributed by atoms with Gasteiger partial charge in [-0.1, -0.05) is 12.1 Å². The molecule has 0 bridgehead atoms. The summed E-state index contributed by atoms with van der Waals surface area (Å²) in [5.74, 6) is -1.04. The molecule has 0 saturated carbocycles. The van der Waals surface area contributed by atoms with Gasteiger partial charge < -0.3 is 10.1 Å². The van der Waals surface area contributed by atoms with Crippen LogP contribution in [0.15, 0.2) is 24.3 Å². The summed E-state index contributed by atoms with van der Waals surface area (Å²) < 4.78 is 42.5. The monoisotopic (exact) mass is 372 g/mol. The van der Waals surface area contributed by atoms with Gasteiger partial charge in [-0.15, -0.1) is 11.3 Å². The van der Waals surface area contributed by atoms with Gasteiger partial charge in [0.15, 0.2) is 0 Å². The summed E-state index contributed by atoms with van der Waals surface area (Å²) in [7, 11) is 0. The predicted octanol–water partition coefficient (Wildman–Crippen LogP) is 3.43. The smallest absolute Gasteiger partial charge is 0.416 e. The molecule has 2 aromatic rings. The Kier molecular flexibility index (Phi) is 5.78. The van der Waals surface area contributed by atoms with Crippen molar-refractivity contribution in [1.82, 2.24) is 10.3 Å². The minimum Gasteiger partial charge on any atom is -0.465 e. The number of alkyl halides is 3. The molecule has 1 heterocycles. The molecule has 0 unspecified atom stereocenters.